The number of hydrogen-bond acceptors (Lipinski definition) is 4. The molecule has 0 bridgehead atoms. The summed E-state index contributed by atoms with van der Waals surface area (Å²) < 4.78 is 5.27. The second-order valence-corrected chi connectivity index (χ2v) is 6.74. The molecule has 24 heavy (non-hydrogen) atoms. The van der Waals surface area contributed by atoms with E-state index >= 15 is 0 Å². The summed E-state index contributed by atoms with van der Waals surface area (Å²) in [5.41, 5.74) is 2.28. The highest BCUT2D eigenvalue weighted by molar-refractivity contribution is 7.13. The minimum atomic E-state index is -0.319. The Bertz CT molecular complexity index is 829. The van der Waals surface area contributed by atoms with Crippen LogP contribution >= 0.6 is 34.5 Å². The number of nitrogens with zero attached hydrogens (tertiary/aromatic N) is 1. The monoisotopic (exact) mass is 377 g/mol. The number of carbonyl (C=O) groups is 1. The van der Waals surface area contributed by atoms with Gasteiger partial charge in [-0.1, -0.05) is 59.6 Å². The third kappa shape index (κ3) is 4.15. The van der Waals surface area contributed by atoms with Gasteiger partial charge in [-0.15, -0.1) is 11.3 Å². The van der Waals surface area contributed by atoms with Crippen molar-refractivity contribution in [2.45, 2.75) is 13.0 Å². The van der Waals surface area contributed by atoms with E-state index in [0.29, 0.717) is 26.3 Å². The van der Waals surface area contributed by atoms with Crippen LogP contribution in [0.4, 0.5) is 0 Å². The average molecular weight is 378 g/mol. The van der Waals surface area contributed by atoms with E-state index < -0.39 is 0 Å². The molecular formula is C18H13Cl2NO2S. The van der Waals surface area contributed by atoms with Crippen LogP contribution in [0.5, 0.6) is 0 Å². The summed E-state index contributed by atoms with van der Waals surface area (Å²) in [7, 11) is 0. The highest BCUT2D eigenvalue weighted by Gasteiger charge is 2.14. The second-order valence-electron chi connectivity index (χ2n) is 5.06. The highest BCUT2D eigenvalue weighted by atomic mass is 35.5. The van der Waals surface area contributed by atoms with Crippen molar-refractivity contribution in [1.29, 1.82) is 0 Å². The number of carbonyl (C=O) groups excluding carboxylic acids is 1. The van der Waals surface area contributed by atoms with Crippen LogP contribution in [-0.2, 0) is 22.6 Å². The van der Waals surface area contributed by atoms with E-state index in [4.69, 9.17) is 27.9 Å². The molecule has 3 rings (SSSR count). The zero-order valence-corrected chi connectivity index (χ0v) is 14.9. The van der Waals surface area contributed by atoms with Crippen LogP contribution in [0.1, 0.15) is 11.3 Å². The van der Waals surface area contributed by atoms with Gasteiger partial charge in [0.1, 0.15) is 11.6 Å². The fourth-order valence-electron chi connectivity index (χ4n) is 2.14. The summed E-state index contributed by atoms with van der Waals surface area (Å²) in [6.07, 6.45) is 0.116. The Morgan fingerprint density at radius 3 is 2.46 bits per heavy atom. The number of esters is 1. The summed E-state index contributed by atoms with van der Waals surface area (Å²) in [6.45, 7) is 0.257. The standard InChI is InChI=1S/C18H13Cl2NO2S/c19-14-7-4-8-15(20)17(14)18-21-13(11-24-18)9-16(22)23-10-12-5-2-1-3-6-12/h1-8,11H,9-10H2. The van der Waals surface area contributed by atoms with Gasteiger partial charge in [0.25, 0.3) is 0 Å². The van der Waals surface area contributed by atoms with E-state index in [-0.39, 0.29) is 19.0 Å². The van der Waals surface area contributed by atoms with E-state index in [1.54, 1.807) is 18.2 Å². The Kier molecular flexibility index (Phi) is 5.51. The van der Waals surface area contributed by atoms with Crippen molar-refractivity contribution < 1.29 is 9.53 Å². The van der Waals surface area contributed by atoms with E-state index in [1.165, 1.54) is 11.3 Å². The van der Waals surface area contributed by atoms with Gasteiger partial charge in [0.05, 0.1) is 22.2 Å². The van der Waals surface area contributed by atoms with Gasteiger partial charge in [0.15, 0.2) is 0 Å². The van der Waals surface area contributed by atoms with Crippen LogP contribution < -0.4 is 0 Å². The minimum Gasteiger partial charge on any atom is -0.461 e. The molecule has 6 heteroatoms. The van der Waals surface area contributed by atoms with Crippen LogP contribution in [0.3, 0.4) is 0 Å². The lowest BCUT2D eigenvalue weighted by Crippen LogP contribution is -2.08. The SMILES string of the molecule is O=C(Cc1csc(-c2c(Cl)cccc2Cl)n1)OCc1ccccc1. The molecule has 0 N–H and O–H groups in total. The van der Waals surface area contributed by atoms with E-state index in [2.05, 4.69) is 4.98 Å². The maximum Gasteiger partial charge on any atom is 0.312 e. The number of halogens is 2. The molecule has 0 aliphatic heterocycles. The Balaban J connectivity index is 1.65. The van der Waals surface area contributed by atoms with Crippen molar-refractivity contribution in [1.82, 2.24) is 4.98 Å². The summed E-state index contributed by atoms with van der Waals surface area (Å²) in [5, 5.41) is 3.58. The molecule has 1 aromatic heterocycles. The molecule has 0 unspecified atom stereocenters. The van der Waals surface area contributed by atoms with Crippen LogP contribution in [0.25, 0.3) is 10.6 Å². The molecule has 3 aromatic rings. The van der Waals surface area contributed by atoms with Crippen LogP contribution in [0.2, 0.25) is 10.0 Å². The van der Waals surface area contributed by atoms with E-state index in [9.17, 15) is 4.79 Å². The fraction of sp³-hybridized carbons (Fsp3) is 0.111. The van der Waals surface area contributed by atoms with Crippen molar-refractivity contribution in [2.75, 3.05) is 0 Å². The molecule has 3 nitrogen and oxygen atoms in total. The first-order valence-corrected chi connectivity index (χ1v) is 8.85. The zero-order chi connectivity index (χ0) is 16.9. The third-order valence-corrected chi connectivity index (χ3v) is 4.84. The first-order valence-electron chi connectivity index (χ1n) is 7.22. The van der Waals surface area contributed by atoms with Crippen LogP contribution in [0.15, 0.2) is 53.9 Å². The van der Waals surface area contributed by atoms with Crippen LogP contribution in [-0.4, -0.2) is 11.0 Å². The normalized spacial score (nSPS) is 10.6. The highest BCUT2D eigenvalue weighted by Crippen LogP contribution is 2.36. The molecule has 122 valence electrons. The molecular weight excluding hydrogens is 365 g/mol. The maximum atomic E-state index is 12.0. The molecule has 0 fully saturated rings. The van der Waals surface area contributed by atoms with Gasteiger partial charge < -0.3 is 4.74 Å². The van der Waals surface area contributed by atoms with E-state index in [1.807, 2.05) is 35.7 Å². The molecule has 0 amide bonds. The molecule has 0 spiro atoms. The summed E-state index contributed by atoms with van der Waals surface area (Å²) in [4.78, 5) is 16.4. The van der Waals surface area contributed by atoms with Gasteiger partial charge in [-0.05, 0) is 17.7 Å². The van der Waals surface area contributed by atoms with Gasteiger partial charge >= 0.3 is 5.97 Å². The molecule has 0 saturated carbocycles. The lowest BCUT2D eigenvalue weighted by Gasteiger charge is -2.04. The van der Waals surface area contributed by atoms with Gasteiger partial charge in [0.2, 0.25) is 0 Å². The molecule has 0 aliphatic carbocycles. The lowest BCUT2D eigenvalue weighted by atomic mass is 10.2. The van der Waals surface area contributed by atoms with Crippen molar-refractivity contribution in [2.24, 2.45) is 0 Å². The number of thiazole rings is 1. The van der Waals surface area contributed by atoms with E-state index in [0.717, 1.165) is 5.56 Å². The van der Waals surface area contributed by atoms with Crippen LogP contribution in [0, 0.1) is 0 Å². The van der Waals surface area contributed by atoms with Crippen molar-refractivity contribution in [3.05, 3.63) is 75.2 Å². The molecule has 2 aromatic carbocycles. The predicted molar refractivity (Wildman–Crippen MR) is 97.5 cm³/mol. The zero-order valence-electron chi connectivity index (χ0n) is 12.5. The van der Waals surface area contributed by atoms with Gasteiger partial charge in [0, 0.05) is 10.9 Å². The number of rotatable bonds is 5. The Hall–Kier alpha value is -1.88. The summed E-state index contributed by atoms with van der Waals surface area (Å²) >= 11 is 13.8. The lowest BCUT2D eigenvalue weighted by molar-refractivity contribution is -0.144. The van der Waals surface area contributed by atoms with Gasteiger partial charge in [-0.25, -0.2) is 4.98 Å². The Morgan fingerprint density at radius 2 is 1.75 bits per heavy atom. The van der Waals surface area contributed by atoms with Gasteiger partial charge in [-0.2, -0.15) is 0 Å². The summed E-state index contributed by atoms with van der Waals surface area (Å²) in [5.74, 6) is -0.319. The second kappa shape index (κ2) is 7.79. The minimum absolute atomic E-state index is 0.116. The molecule has 0 atom stereocenters. The number of benzene rings is 2. The molecule has 0 aliphatic rings. The largest absolute Gasteiger partial charge is 0.461 e. The van der Waals surface area contributed by atoms with Crippen molar-refractivity contribution in [3.63, 3.8) is 0 Å². The average Bonchev–Trinajstić information content (AvgIpc) is 3.02. The molecule has 0 radical (unpaired) electrons. The Labute approximate surface area is 153 Å². The first kappa shape index (κ1) is 17.0. The summed E-state index contributed by atoms with van der Waals surface area (Å²) in [6, 6.07) is 14.9. The van der Waals surface area contributed by atoms with Crippen molar-refractivity contribution in [3.8, 4) is 10.6 Å². The fourth-order valence-corrected chi connectivity index (χ4v) is 3.72. The van der Waals surface area contributed by atoms with Gasteiger partial charge in [-0.3, -0.25) is 4.79 Å². The van der Waals surface area contributed by atoms with Crippen molar-refractivity contribution >= 4 is 40.5 Å². The number of hydrogen-bond donors (Lipinski definition) is 0. The first-order chi connectivity index (χ1) is 11.6. The number of aromatic nitrogens is 1. The Morgan fingerprint density at radius 1 is 1.04 bits per heavy atom. The third-order valence-electron chi connectivity index (χ3n) is 3.30. The predicted octanol–water partition coefficient (Wildman–Crippen LogP) is 5.40. The maximum absolute atomic E-state index is 12.0. The molecule has 1 heterocycles. The molecule has 0 saturated heterocycles. The quantitative estimate of drug-likeness (QED) is 0.558. The smallest absolute Gasteiger partial charge is 0.312 e. The topological polar surface area (TPSA) is 39.2 Å². The number of ether oxygens (including phenoxy) is 1.